The fourth-order valence-corrected chi connectivity index (χ4v) is 7.82. The molecule has 0 fully saturated rings. The third-order valence-corrected chi connectivity index (χ3v) is 9.82. The monoisotopic (exact) mass is 611 g/mol. The summed E-state index contributed by atoms with van der Waals surface area (Å²) in [6.07, 6.45) is 0. The number of benzene rings is 9. The zero-order valence-electron chi connectivity index (χ0n) is 26.1. The molecule has 2 nitrogen and oxygen atoms in total. The van der Waals surface area contributed by atoms with Gasteiger partial charge < -0.3 is 9.32 Å². The summed E-state index contributed by atoms with van der Waals surface area (Å²) >= 11 is 0. The Morgan fingerprint density at radius 1 is 0.312 bits per heavy atom. The van der Waals surface area contributed by atoms with Gasteiger partial charge in [-0.05, 0) is 80.3 Å². The van der Waals surface area contributed by atoms with E-state index in [0.717, 1.165) is 33.6 Å². The van der Waals surface area contributed by atoms with E-state index in [1.165, 1.54) is 59.6 Å². The first-order valence-electron chi connectivity index (χ1n) is 16.4. The molecule has 9 aromatic carbocycles. The predicted molar refractivity (Wildman–Crippen MR) is 204 cm³/mol. The van der Waals surface area contributed by atoms with Gasteiger partial charge in [0.1, 0.15) is 11.2 Å². The largest absolute Gasteiger partial charge is 0.456 e. The van der Waals surface area contributed by atoms with E-state index in [-0.39, 0.29) is 0 Å². The average Bonchev–Trinajstić information content (AvgIpc) is 3.54. The minimum atomic E-state index is 0.918. The molecule has 0 unspecified atom stereocenters. The highest BCUT2D eigenvalue weighted by Gasteiger charge is 2.22. The fourth-order valence-electron chi connectivity index (χ4n) is 7.82. The van der Waals surface area contributed by atoms with Crippen LogP contribution in [0.25, 0.3) is 76.2 Å². The van der Waals surface area contributed by atoms with Crippen LogP contribution in [0.4, 0.5) is 17.1 Å². The summed E-state index contributed by atoms with van der Waals surface area (Å²) in [5.41, 5.74) is 7.62. The molecule has 0 spiro atoms. The van der Waals surface area contributed by atoms with Crippen molar-refractivity contribution in [3.05, 3.63) is 176 Å². The summed E-state index contributed by atoms with van der Waals surface area (Å²) in [7, 11) is 0. The lowest BCUT2D eigenvalue weighted by atomic mass is 9.87. The molecule has 48 heavy (non-hydrogen) atoms. The number of rotatable bonds is 4. The van der Waals surface area contributed by atoms with E-state index in [0.29, 0.717) is 0 Å². The van der Waals surface area contributed by atoms with E-state index in [9.17, 15) is 0 Å². The predicted octanol–water partition coefficient (Wildman–Crippen LogP) is 13.3. The summed E-state index contributed by atoms with van der Waals surface area (Å²) in [5.74, 6) is 0. The molecule has 0 radical (unpaired) electrons. The maximum atomic E-state index is 6.37. The maximum Gasteiger partial charge on any atom is 0.136 e. The molecule has 10 rings (SSSR count). The Kier molecular flexibility index (Phi) is 5.91. The Morgan fingerprint density at radius 3 is 1.73 bits per heavy atom. The zero-order valence-corrected chi connectivity index (χ0v) is 26.1. The van der Waals surface area contributed by atoms with Gasteiger partial charge in [-0.1, -0.05) is 133 Å². The number of fused-ring (bicyclic) bond motifs is 11. The molecular weight excluding hydrogens is 583 g/mol. The summed E-state index contributed by atoms with van der Waals surface area (Å²) in [6, 6.07) is 63.2. The third-order valence-electron chi connectivity index (χ3n) is 9.82. The van der Waals surface area contributed by atoms with Gasteiger partial charge in [-0.2, -0.15) is 0 Å². The molecule has 0 N–H and O–H groups in total. The molecule has 2 heteroatoms. The number of anilines is 3. The molecule has 0 aliphatic heterocycles. The van der Waals surface area contributed by atoms with Gasteiger partial charge in [0, 0.05) is 32.8 Å². The highest BCUT2D eigenvalue weighted by atomic mass is 16.3. The van der Waals surface area contributed by atoms with E-state index in [2.05, 4.69) is 175 Å². The van der Waals surface area contributed by atoms with Crippen molar-refractivity contribution in [3.8, 4) is 11.1 Å². The van der Waals surface area contributed by atoms with Crippen LogP contribution in [0.1, 0.15) is 0 Å². The molecule has 0 aliphatic carbocycles. The van der Waals surface area contributed by atoms with Crippen LogP contribution in [0.15, 0.2) is 180 Å². The van der Waals surface area contributed by atoms with E-state index < -0.39 is 0 Å². The smallest absolute Gasteiger partial charge is 0.136 e. The normalized spacial score (nSPS) is 11.8. The van der Waals surface area contributed by atoms with Crippen molar-refractivity contribution in [2.75, 3.05) is 4.90 Å². The van der Waals surface area contributed by atoms with Crippen LogP contribution in [0.3, 0.4) is 0 Å². The van der Waals surface area contributed by atoms with E-state index in [1.807, 2.05) is 6.07 Å². The van der Waals surface area contributed by atoms with Gasteiger partial charge in [0.2, 0.25) is 0 Å². The first kappa shape index (κ1) is 26.8. The van der Waals surface area contributed by atoms with Crippen molar-refractivity contribution in [1.29, 1.82) is 0 Å². The number of hydrogen-bond acceptors (Lipinski definition) is 2. The lowest BCUT2D eigenvalue weighted by Crippen LogP contribution is -2.11. The van der Waals surface area contributed by atoms with E-state index in [4.69, 9.17) is 4.42 Å². The van der Waals surface area contributed by atoms with Crippen molar-refractivity contribution in [1.82, 2.24) is 0 Å². The molecule has 0 amide bonds. The fraction of sp³-hybridized carbons (Fsp3) is 0. The summed E-state index contributed by atoms with van der Waals surface area (Å²) in [5, 5.41) is 12.2. The Bertz CT molecular complexity index is 2810. The SMILES string of the molecule is c1ccc(N(c2ccccc2-c2cccc3c4ccc5oc6ccccc6c5c4c4ccccc4c23)c2cccc3ccccc23)cc1. The first-order valence-corrected chi connectivity index (χ1v) is 16.4. The summed E-state index contributed by atoms with van der Waals surface area (Å²) in [6.45, 7) is 0. The Labute approximate surface area is 277 Å². The molecule has 0 atom stereocenters. The number of para-hydroxylation sites is 3. The lowest BCUT2D eigenvalue weighted by molar-refractivity contribution is 0.669. The Morgan fingerprint density at radius 2 is 0.875 bits per heavy atom. The number of hydrogen-bond donors (Lipinski definition) is 0. The van der Waals surface area contributed by atoms with Crippen LogP contribution in [-0.4, -0.2) is 0 Å². The Balaban J connectivity index is 1.32. The molecule has 10 aromatic rings. The molecule has 1 aromatic heterocycles. The second kappa shape index (κ2) is 10.6. The lowest BCUT2D eigenvalue weighted by Gasteiger charge is -2.29. The van der Waals surface area contributed by atoms with Gasteiger partial charge in [-0.3, -0.25) is 0 Å². The van der Waals surface area contributed by atoms with Gasteiger partial charge >= 0.3 is 0 Å². The number of nitrogens with zero attached hydrogens (tertiary/aromatic N) is 1. The van der Waals surface area contributed by atoms with Crippen LogP contribution in [0.5, 0.6) is 0 Å². The van der Waals surface area contributed by atoms with Gasteiger partial charge in [0.25, 0.3) is 0 Å². The van der Waals surface area contributed by atoms with Crippen LogP contribution in [-0.2, 0) is 0 Å². The highest BCUT2D eigenvalue weighted by molar-refractivity contribution is 6.36. The van der Waals surface area contributed by atoms with Crippen molar-refractivity contribution >= 4 is 82.1 Å². The van der Waals surface area contributed by atoms with Gasteiger partial charge in [-0.15, -0.1) is 0 Å². The molecule has 0 saturated heterocycles. The minimum absolute atomic E-state index is 0.918. The highest BCUT2D eigenvalue weighted by Crippen LogP contribution is 2.48. The number of furan rings is 1. The molecule has 0 aliphatic rings. The molecule has 0 saturated carbocycles. The van der Waals surface area contributed by atoms with Gasteiger partial charge in [0.05, 0.1) is 11.4 Å². The third kappa shape index (κ3) is 3.93. The van der Waals surface area contributed by atoms with E-state index >= 15 is 0 Å². The quantitative estimate of drug-likeness (QED) is 0.184. The summed E-state index contributed by atoms with van der Waals surface area (Å²) in [4.78, 5) is 2.42. The van der Waals surface area contributed by atoms with Crippen molar-refractivity contribution < 1.29 is 4.42 Å². The first-order chi connectivity index (χ1) is 23.8. The zero-order chi connectivity index (χ0) is 31.6. The van der Waals surface area contributed by atoms with Gasteiger partial charge in [-0.25, -0.2) is 0 Å². The second-order valence-corrected chi connectivity index (χ2v) is 12.4. The van der Waals surface area contributed by atoms with Crippen molar-refractivity contribution in [3.63, 3.8) is 0 Å². The van der Waals surface area contributed by atoms with Gasteiger partial charge in [0.15, 0.2) is 0 Å². The van der Waals surface area contributed by atoms with Crippen molar-refractivity contribution in [2.24, 2.45) is 0 Å². The Hall–Kier alpha value is -6.38. The standard InChI is InChI=1S/C46H29NO/c1-2-16-31(17-3-1)47(40-26-12-15-30-14-4-5-18-32(30)40)41-25-10-8-19-33(41)34-23-13-24-36-38-28-29-43-46(39-22-9-11-27-42(39)48-43)45(38)37-21-7-6-20-35(37)44(34)36/h1-29H. The molecule has 224 valence electrons. The molecular formula is C46H29NO. The van der Waals surface area contributed by atoms with Crippen LogP contribution < -0.4 is 4.90 Å². The molecule has 1 heterocycles. The van der Waals surface area contributed by atoms with Crippen LogP contribution >= 0.6 is 0 Å². The summed E-state index contributed by atoms with van der Waals surface area (Å²) < 4.78 is 6.37. The van der Waals surface area contributed by atoms with Crippen LogP contribution in [0, 0.1) is 0 Å². The van der Waals surface area contributed by atoms with Crippen molar-refractivity contribution in [2.45, 2.75) is 0 Å². The topological polar surface area (TPSA) is 16.4 Å². The minimum Gasteiger partial charge on any atom is -0.456 e. The molecule has 0 bridgehead atoms. The van der Waals surface area contributed by atoms with E-state index in [1.54, 1.807) is 0 Å². The maximum absolute atomic E-state index is 6.37. The second-order valence-electron chi connectivity index (χ2n) is 12.4. The average molecular weight is 612 g/mol. The van der Waals surface area contributed by atoms with Crippen LogP contribution in [0.2, 0.25) is 0 Å².